The minimum atomic E-state index is -0.0684. The van der Waals surface area contributed by atoms with Gasteiger partial charge in [-0.15, -0.1) is 24.0 Å². The number of amides is 1. The van der Waals surface area contributed by atoms with Gasteiger partial charge in [0.1, 0.15) is 5.82 Å². The molecule has 25 heavy (non-hydrogen) atoms. The van der Waals surface area contributed by atoms with Gasteiger partial charge < -0.3 is 20.3 Å². The fourth-order valence-corrected chi connectivity index (χ4v) is 2.62. The zero-order valence-electron chi connectivity index (χ0n) is 15.1. The number of aryl methyl sites for hydroxylation is 1. The van der Waals surface area contributed by atoms with Crippen molar-refractivity contribution < 1.29 is 9.53 Å². The van der Waals surface area contributed by atoms with Gasteiger partial charge in [-0.25, -0.2) is 4.98 Å². The Labute approximate surface area is 166 Å². The van der Waals surface area contributed by atoms with Crippen molar-refractivity contribution in [3.63, 3.8) is 0 Å². The number of hydrogen-bond donors (Lipinski definition) is 2. The van der Waals surface area contributed by atoms with Crippen molar-refractivity contribution in [2.24, 2.45) is 10.9 Å². The van der Waals surface area contributed by atoms with E-state index in [4.69, 9.17) is 4.74 Å². The third-order valence-corrected chi connectivity index (χ3v) is 3.94. The molecule has 0 spiro atoms. The lowest BCUT2D eigenvalue weighted by Crippen LogP contribution is -2.42. The van der Waals surface area contributed by atoms with Gasteiger partial charge in [-0.1, -0.05) is 6.07 Å². The van der Waals surface area contributed by atoms with Crippen molar-refractivity contribution in [3.05, 3.63) is 23.9 Å². The summed E-state index contributed by atoms with van der Waals surface area (Å²) in [7, 11) is 3.75. The lowest BCUT2D eigenvalue weighted by molar-refractivity contribution is -0.116. The Morgan fingerprint density at radius 1 is 1.48 bits per heavy atom. The summed E-state index contributed by atoms with van der Waals surface area (Å²) < 4.78 is 5.40. The molecule has 0 aliphatic carbocycles. The highest BCUT2D eigenvalue weighted by Crippen LogP contribution is 2.13. The van der Waals surface area contributed by atoms with E-state index in [-0.39, 0.29) is 29.9 Å². The first kappa shape index (κ1) is 21.6. The van der Waals surface area contributed by atoms with Crippen molar-refractivity contribution in [3.8, 4) is 0 Å². The minimum absolute atomic E-state index is 0. The van der Waals surface area contributed by atoms with Crippen molar-refractivity contribution >= 4 is 41.7 Å². The zero-order chi connectivity index (χ0) is 17.4. The fourth-order valence-electron chi connectivity index (χ4n) is 2.62. The van der Waals surface area contributed by atoms with Gasteiger partial charge in [0.25, 0.3) is 0 Å². The Kier molecular flexibility index (Phi) is 9.73. The van der Waals surface area contributed by atoms with E-state index in [9.17, 15) is 4.79 Å². The van der Waals surface area contributed by atoms with E-state index in [0.29, 0.717) is 24.7 Å². The molecule has 1 aromatic heterocycles. The SMILES string of the molecule is CN=C(NCCC(=O)Nc1ccc(C)cn1)N(C)CC1CCOC1.I. The van der Waals surface area contributed by atoms with E-state index in [2.05, 4.69) is 25.5 Å². The van der Waals surface area contributed by atoms with E-state index in [1.165, 1.54) is 0 Å². The van der Waals surface area contributed by atoms with Crippen LogP contribution in [0.25, 0.3) is 0 Å². The molecule has 1 saturated heterocycles. The highest BCUT2D eigenvalue weighted by molar-refractivity contribution is 14.0. The molecule has 7 nitrogen and oxygen atoms in total. The molecule has 1 unspecified atom stereocenters. The number of carbonyl (C=O) groups excluding carboxylic acids is 1. The molecule has 0 bridgehead atoms. The number of hydrogen-bond acceptors (Lipinski definition) is 4. The van der Waals surface area contributed by atoms with Crippen LogP contribution in [0.5, 0.6) is 0 Å². The highest BCUT2D eigenvalue weighted by atomic mass is 127. The van der Waals surface area contributed by atoms with Crippen molar-refractivity contribution in [1.29, 1.82) is 0 Å². The van der Waals surface area contributed by atoms with E-state index >= 15 is 0 Å². The Balaban J connectivity index is 0.00000312. The second kappa shape index (κ2) is 11.2. The summed E-state index contributed by atoms with van der Waals surface area (Å²) in [6.45, 7) is 5.04. The summed E-state index contributed by atoms with van der Waals surface area (Å²) in [5, 5.41) is 6.01. The minimum Gasteiger partial charge on any atom is -0.381 e. The van der Waals surface area contributed by atoms with Crippen LogP contribution in [0.1, 0.15) is 18.4 Å². The summed E-state index contributed by atoms with van der Waals surface area (Å²) in [5.74, 6) is 1.85. The maximum atomic E-state index is 12.0. The van der Waals surface area contributed by atoms with Gasteiger partial charge in [0, 0.05) is 52.3 Å². The Morgan fingerprint density at radius 2 is 2.28 bits per heavy atom. The van der Waals surface area contributed by atoms with Crippen LogP contribution in [0.2, 0.25) is 0 Å². The van der Waals surface area contributed by atoms with Crippen LogP contribution in [-0.4, -0.2) is 62.1 Å². The molecule has 0 radical (unpaired) electrons. The van der Waals surface area contributed by atoms with Crippen LogP contribution in [0.15, 0.2) is 23.3 Å². The van der Waals surface area contributed by atoms with Crippen LogP contribution in [-0.2, 0) is 9.53 Å². The van der Waals surface area contributed by atoms with Gasteiger partial charge in [-0.05, 0) is 25.0 Å². The number of halogens is 1. The van der Waals surface area contributed by atoms with Crippen molar-refractivity contribution in [2.75, 3.05) is 45.7 Å². The van der Waals surface area contributed by atoms with E-state index in [1.807, 2.05) is 20.0 Å². The first-order chi connectivity index (χ1) is 11.6. The molecule has 1 fully saturated rings. The number of aromatic nitrogens is 1. The summed E-state index contributed by atoms with van der Waals surface area (Å²) in [4.78, 5) is 22.5. The molecule has 0 saturated carbocycles. The number of guanidine groups is 1. The average Bonchev–Trinajstić information content (AvgIpc) is 3.06. The van der Waals surface area contributed by atoms with Gasteiger partial charge in [0.05, 0.1) is 6.61 Å². The third kappa shape index (κ3) is 7.55. The van der Waals surface area contributed by atoms with Gasteiger partial charge in [-0.3, -0.25) is 9.79 Å². The zero-order valence-corrected chi connectivity index (χ0v) is 17.4. The van der Waals surface area contributed by atoms with Crippen LogP contribution in [0, 0.1) is 12.8 Å². The molecule has 1 amide bonds. The lowest BCUT2D eigenvalue weighted by Gasteiger charge is -2.24. The normalized spacial score (nSPS) is 16.9. The van der Waals surface area contributed by atoms with Gasteiger partial charge in [-0.2, -0.15) is 0 Å². The summed E-state index contributed by atoms with van der Waals surface area (Å²) in [5.41, 5.74) is 1.06. The quantitative estimate of drug-likeness (QED) is 0.385. The van der Waals surface area contributed by atoms with Crippen LogP contribution in [0.4, 0.5) is 5.82 Å². The second-order valence-electron chi connectivity index (χ2n) is 6.10. The number of pyridine rings is 1. The number of nitrogens with zero attached hydrogens (tertiary/aromatic N) is 3. The molecule has 2 rings (SSSR count). The van der Waals surface area contributed by atoms with E-state index in [1.54, 1.807) is 19.3 Å². The molecule has 1 aliphatic heterocycles. The van der Waals surface area contributed by atoms with Gasteiger partial charge >= 0.3 is 0 Å². The molecular formula is C17H28IN5O2. The highest BCUT2D eigenvalue weighted by Gasteiger charge is 2.19. The lowest BCUT2D eigenvalue weighted by atomic mass is 10.1. The predicted molar refractivity (Wildman–Crippen MR) is 111 cm³/mol. The Bertz CT molecular complexity index is 559. The number of anilines is 1. The monoisotopic (exact) mass is 461 g/mol. The summed E-state index contributed by atoms with van der Waals surface area (Å²) in [6, 6.07) is 3.72. The Morgan fingerprint density at radius 3 is 2.88 bits per heavy atom. The molecular weight excluding hydrogens is 433 g/mol. The number of carbonyl (C=O) groups is 1. The number of ether oxygens (including phenoxy) is 1. The molecule has 1 atom stereocenters. The van der Waals surface area contributed by atoms with Crippen LogP contribution < -0.4 is 10.6 Å². The number of nitrogens with one attached hydrogen (secondary N) is 2. The van der Waals surface area contributed by atoms with E-state index in [0.717, 1.165) is 37.7 Å². The molecule has 140 valence electrons. The van der Waals surface area contributed by atoms with Crippen LogP contribution >= 0.6 is 24.0 Å². The largest absolute Gasteiger partial charge is 0.381 e. The molecule has 2 N–H and O–H groups in total. The average molecular weight is 461 g/mol. The van der Waals surface area contributed by atoms with Gasteiger partial charge in [0.15, 0.2) is 5.96 Å². The number of aliphatic imine (C=N–C) groups is 1. The molecule has 1 aliphatic rings. The molecule has 2 heterocycles. The standard InChI is InChI=1S/C17H27N5O2.HI/c1-13-4-5-15(20-10-13)21-16(23)6-8-19-17(18-2)22(3)11-14-7-9-24-12-14;/h4-5,10,14H,6-9,11-12H2,1-3H3,(H,18,19)(H,20,21,23);1H. The first-order valence-electron chi connectivity index (χ1n) is 8.30. The topological polar surface area (TPSA) is 78.8 Å². The van der Waals surface area contributed by atoms with Gasteiger partial charge in [0.2, 0.25) is 5.91 Å². The maximum absolute atomic E-state index is 12.0. The number of rotatable bonds is 6. The van der Waals surface area contributed by atoms with Crippen molar-refractivity contribution in [2.45, 2.75) is 19.8 Å². The molecule has 0 aromatic carbocycles. The third-order valence-electron chi connectivity index (χ3n) is 3.94. The van der Waals surface area contributed by atoms with Crippen molar-refractivity contribution in [1.82, 2.24) is 15.2 Å². The predicted octanol–water partition coefficient (Wildman–Crippen LogP) is 1.88. The van der Waals surface area contributed by atoms with Crippen LogP contribution in [0.3, 0.4) is 0 Å². The molecule has 8 heteroatoms. The van der Waals surface area contributed by atoms with E-state index < -0.39 is 0 Å². The Hall–Kier alpha value is -1.42. The smallest absolute Gasteiger partial charge is 0.227 e. The molecule has 1 aromatic rings. The fraction of sp³-hybridized carbons (Fsp3) is 0.588. The second-order valence-corrected chi connectivity index (χ2v) is 6.10. The maximum Gasteiger partial charge on any atom is 0.227 e. The summed E-state index contributed by atoms with van der Waals surface area (Å²) in [6.07, 6.45) is 3.18. The first-order valence-corrected chi connectivity index (χ1v) is 8.30. The summed E-state index contributed by atoms with van der Waals surface area (Å²) >= 11 is 0.